The number of sulfone groups is 1. The number of nitrogens with zero attached hydrogens (tertiary/aromatic N) is 4. The van der Waals surface area contributed by atoms with Crippen LogP contribution in [0.1, 0.15) is 42.9 Å². The molecule has 9 heteroatoms. The first-order chi connectivity index (χ1) is 13.2. The van der Waals surface area contributed by atoms with Gasteiger partial charge in [-0.25, -0.2) is 13.4 Å². The molecule has 0 fully saturated rings. The van der Waals surface area contributed by atoms with Crippen LogP contribution < -0.4 is 0 Å². The molecule has 2 aromatic rings. The Morgan fingerprint density at radius 2 is 2.00 bits per heavy atom. The molecule has 0 aliphatic rings. The van der Waals surface area contributed by atoms with Crippen molar-refractivity contribution in [3.8, 4) is 0 Å². The summed E-state index contributed by atoms with van der Waals surface area (Å²) in [4.78, 5) is 6.41. The Morgan fingerprint density at radius 1 is 1.29 bits per heavy atom. The molecule has 0 aliphatic heterocycles. The first-order valence-corrected chi connectivity index (χ1v) is 11.3. The number of H-pyrrole nitrogens is 1. The second-order valence-corrected chi connectivity index (χ2v) is 9.77. The largest absolute Gasteiger partial charge is 0.383 e. The smallest absolute Gasteiger partial charge is 0.227 e. The van der Waals surface area contributed by atoms with E-state index in [-0.39, 0.29) is 10.9 Å². The molecule has 2 heterocycles. The molecule has 0 atom stereocenters. The van der Waals surface area contributed by atoms with Crippen molar-refractivity contribution in [3.05, 3.63) is 28.8 Å². The lowest BCUT2D eigenvalue weighted by Crippen LogP contribution is -2.23. The minimum atomic E-state index is -3.43. The van der Waals surface area contributed by atoms with Gasteiger partial charge in [-0.05, 0) is 33.2 Å². The fraction of sp³-hybridized carbons (Fsp3) is 0.684. The summed E-state index contributed by atoms with van der Waals surface area (Å²) in [7, 11) is 0.186. The normalized spacial score (nSPS) is 12.4. The Kier molecular flexibility index (Phi) is 7.79. The number of ether oxygens (including phenoxy) is 1. The lowest BCUT2D eigenvalue weighted by atomic mass is 10.2. The van der Waals surface area contributed by atoms with Crippen LogP contribution in [0.4, 0.5) is 0 Å². The van der Waals surface area contributed by atoms with E-state index in [1.807, 2.05) is 34.7 Å². The van der Waals surface area contributed by atoms with Gasteiger partial charge in [0.1, 0.15) is 0 Å². The van der Waals surface area contributed by atoms with Crippen molar-refractivity contribution < 1.29 is 13.2 Å². The van der Waals surface area contributed by atoms with E-state index in [1.54, 1.807) is 17.9 Å². The molecule has 8 nitrogen and oxygen atoms in total. The van der Waals surface area contributed by atoms with Crippen LogP contribution in [0, 0.1) is 19.8 Å². The van der Waals surface area contributed by atoms with Gasteiger partial charge in [0.15, 0.2) is 0 Å². The van der Waals surface area contributed by atoms with E-state index in [0.717, 1.165) is 29.2 Å². The Balaban J connectivity index is 2.22. The molecule has 0 aromatic carbocycles. The molecule has 28 heavy (non-hydrogen) atoms. The molecule has 0 aliphatic carbocycles. The predicted molar refractivity (Wildman–Crippen MR) is 109 cm³/mol. The van der Waals surface area contributed by atoms with Crippen molar-refractivity contribution in [2.45, 2.75) is 58.9 Å². The molecule has 0 saturated heterocycles. The van der Waals surface area contributed by atoms with Crippen LogP contribution in [0.5, 0.6) is 0 Å². The fourth-order valence-corrected chi connectivity index (χ4v) is 4.80. The zero-order valence-corrected chi connectivity index (χ0v) is 18.6. The molecule has 0 unspecified atom stereocenters. The SMILES string of the molecule is COCCn1c(CN(C)Cc2c(C)n[nH]c2C)cnc1S(=O)(=O)CCC(C)C. The molecule has 2 rings (SSSR count). The number of hydrogen-bond acceptors (Lipinski definition) is 6. The molecule has 0 bridgehead atoms. The lowest BCUT2D eigenvalue weighted by Gasteiger charge is -2.19. The second-order valence-electron chi connectivity index (χ2n) is 7.76. The molecular formula is C19H33N5O3S. The maximum absolute atomic E-state index is 12.8. The number of imidazole rings is 1. The molecule has 1 N–H and O–H groups in total. The summed E-state index contributed by atoms with van der Waals surface area (Å²) >= 11 is 0. The van der Waals surface area contributed by atoms with Crippen LogP contribution in [0.25, 0.3) is 0 Å². The van der Waals surface area contributed by atoms with Crippen LogP contribution in [-0.4, -0.2) is 59.6 Å². The number of methoxy groups -OCH3 is 1. The van der Waals surface area contributed by atoms with Gasteiger partial charge in [-0.2, -0.15) is 5.10 Å². The van der Waals surface area contributed by atoms with Crippen LogP contribution in [-0.2, 0) is 34.2 Å². The first kappa shape index (κ1) is 22.6. The average Bonchev–Trinajstić information content (AvgIpc) is 3.16. The third-order valence-electron chi connectivity index (χ3n) is 4.80. The van der Waals surface area contributed by atoms with Crippen molar-refractivity contribution in [1.82, 2.24) is 24.6 Å². The highest BCUT2D eigenvalue weighted by Gasteiger charge is 2.24. The van der Waals surface area contributed by atoms with Crippen LogP contribution >= 0.6 is 0 Å². The highest BCUT2D eigenvalue weighted by Crippen LogP contribution is 2.19. The van der Waals surface area contributed by atoms with Gasteiger partial charge in [-0.1, -0.05) is 13.8 Å². The zero-order valence-electron chi connectivity index (χ0n) is 17.8. The minimum Gasteiger partial charge on any atom is -0.383 e. The predicted octanol–water partition coefficient (Wildman–Crippen LogP) is 2.32. The summed E-state index contributed by atoms with van der Waals surface area (Å²) in [6, 6.07) is 0. The number of hydrogen-bond donors (Lipinski definition) is 1. The van der Waals surface area contributed by atoms with Gasteiger partial charge in [0.25, 0.3) is 0 Å². The zero-order chi connectivity index (χ0) is 20.9. The number of aromatic amines is 1. The molecule has 0 amide bonds. The summed E-state index contributed by atoms with van der Waals surface area (Å²) in [6.45, 7) is 10.2. The van der Waals surface area contributed by atoms with Gasteiger partial charge >= 0.3 is 0 Å². The van der Waals surface area contributed by atoms with Gasteiger partial charge in [0, 0.05) is 38.0 Å². The Labute approximate surface area is 168 Å². The van der Waals surface area contributed by atoms with Gasteiger partial charge in [-0.3, -0.25) is 10.00 Å². The highest BCUT2D eigenvalue weighted by molar-refractivity contribution is 7.91. The Bertz CT molecular complexity index is 851. The topological polar surface area (TPSA) is 93.1 Å². The first-order valence-electron chi connectivity index (χ1n) is 9.60. The monoisotopic (exact) mass is 411 g/mol. The summed E-state index contributed by atoms with van der Waals surface area (Å²) in [5, 5.41) is 7.39. The van der Waals surface area contributed by atoms with Crippen molar-refractivity contribution in [2.75, 3.05) is 26.5 Å². The van der Waals surface area contributed by atoms with E-state index in [9.17, 15) is 8.42 Å². The number of aryl methyl sites for hydroxylation is 2. The van der Waals surface area contributed by atoms with E-state index in [4.69, 9.17) is 4.74 Å². The fourth-order valence-electron chi connectivity index (χ4n) is 3.08. The van der Waals surface area contributed by atoms with Crippen LogP contribution in [0.15, 0.2) is 11.4 Å². The van der Waals surface area contributed by atoms with Crippen molar-refractivity contribution in [2.24, 2.45) is 5.92 Å². The van der Waals surface area contributed by atoms with Crippen molar-refractivity contribution in [1.29, 1.82) is 0 Å². The van der Waals surface area contributed by atoms with E-state index in [1.165, 1.54) is 0 Å². The van der Waals surface area contributed by atoms with Gasteiger partial charge in [0.05, 0.1) is 29.9 Å². The third-order valence-corrected chi connectivity index (χ3v) is 6.46. The average molecular weight is 412 g/mol. The second kappa shape index (κ2) is 9.67. The Morgan fingerprint density at radius 3 is 2.57 bits per heavy atom. The van der Waals surface area contributed by atoms with Crippen LogP contribution in [0.2, 0.25) is 0 Å². The maximum Gasteiger partial charge on any atom is 0.227 e. The van der Waals surface area contributed by atoms with E-state index in [2.05, 4.69) is 20.1 Å². The molecule has 0 radical (unpaired) electrons. The van der Waals surface area contributed by atoms with Gasteiger partial charge in [0.2, 0.25) is 15.0 Å². The van der Waals surface area contributed by atoms with E-state index < -0.39 is 9.84 Å². The highest BCUT2D eigenvalue weighted by atomic mass is 32.2. The molecule has 2 aromatic heterocycles. The summed E-state index contributed by atoms with van der Waals surface area (Å²) < 4.78 is 32.6. The minimum absolute atomic E-state index is 0.108. The standard InChI is InChI=1S/C19H33N5O3S/c1-14(2)7-10-28(25,26)19-20-11-17(24(19)8-9-27-6)12-23(5)13-18-15(3)21-22-16(18)4/h11,14H,7-10,12-13H2,1-6H3,(H,21,22). The maximum atomic E-state index is 12.8. The van der Waals surface area contributed by atoms with E-state index >= 15 is 0 Å². The third kappa shape index (κ3) is 5.65. The number of rotatable bonds is 11. The van der Waals surface area contributed by atoms with E-state index in [0.29, 0.717) is 32.0 Å². The molecular weight excluding hydrogens is 378 g/mol. The number of aromatic nitrogens is 4. The molecule has 158 valence electrons. The quantitative estimate of drug-likeness (QED) is 0.610. The summed E-state index contributed by atoms with van der Waals surface area (Å²) in [6.07, 6.45) is 2.29. The van der Waals surface area contributed by atoms with Crippen molar-refractivity contribution >= 4 is 9.84 Å². The van der Waals surface area contributed by atoms with Crippen molar-refractivity contribution in [3.63, 3.8) is 0 Å². The molecule has 0 spiro atoms. The Hall–Kier alpha value is -1.71. The van der Waals surface area contributed by atoms with Crippen LogP contribution in [0.3, 0.4) is 0 Å². The summed E-state index contributed by atoms with van der Waals surface area (Å²) in [5.74, 6) is 0.432. The molecule has 0 saturated carbocycles. The lowest BCUT2D eigenvalue weighted by molar-refractivity contribution is 0.182. The summed E-state index contributed by atoms with van der Waals surface area (Å²) in [5.41, 5.74) is 4.06. The number of nitrogens with one attached hydrogen (secondary N) is 1. The van der Waals surface area contributed by atoms with Gasteiger partial charge < -0.3 is 9.30 Å². The van der Waals surface area contributed by atoms with Gasteiger partial charge in [-0.15, -0.1) is 0 Å².